The van der Waals surface area contributed by atoms with Crippen LogP contribution in [-0.2, 0) is 42.4 Å². The summed E-state index contributed by atoms with van der Waals surface area (Å²) in [4.78, 5) is 0. The molecule has 0 N–H and O–H groups in total. The van der Waals surface area contributed by atoms with Crippen molar-refractivity contribution in [2.75, 3.05) is 0 Å². The van der Waals surface area contributed by atoms with E-state index >= 15 is 0 Å². The molecule has 0 unspecified atom stereocenters. The van der Waals surface area contributed by atoms with Crippen LogP contribution >= 0.6 is 0 Å². The first kappa shape index (κ1) is 44.8. The van der Waals surface area contributed by atoms with Crippen molar-refractivity contribution in [3.63, 3.8) is 0 Å². The Bertz CT molecular complexity index is 865. The average molecular weight is 766 g/mol. The average Bonchev–Trinajstić information content (AvgIpc) is 3.74. The molecule has 0 amide bonds. The zero-order valence-electron chi connectivity index (χ0n) is 26.4. The normalized spacial score (nSPS) is 16.1. The van der Waals surface area contributed by atoms with Crippen molar-refractivity contribution >= 4 is 0 Å². The molecule has 0 fully saturated rings. The second-order valence-corrected chi connectivity index (χ2v) is 17.0. The van der Waals surface area contributed by atoms with Crippen molar-refractivity contribution in [3.8, 4) is 0 Å². The van der Waals surface area contributed by atoms with Crippen LogP contribution < -0.4 is 49.6 Å². The Morgan fingerprint density at radius 2 is 0.786 bits per heavy atom. The summed E-state index contributed by atoms with van der Waals surface area (Å²) in [5.41, 5.74) is 6.80. The third kappa shape index (κ3) is 15.3. The largest absolute Gasteiger partial charge is 1.00 e. The molecule has 0 atom stereocenters. The fourth-order valence-corrected chi connectivity index (χ4v) is 11.7. The van der Waals surface area contributed by atoms with E-state index in [1.54, 1.807) is 22.3 Å². The molecular formula is C36H52Cl4TiZr. The maximum atomic E-state index is 2.42. The summed E-state index contributed by atoms with van der Waals surface area (Å²) in [6.07, 6.45) is 40.3. The molecule has 0 bridgehead atoms. The quantitative estimate of drug-likeness (QED) is 0.191. The minimum atomic E-state index is -0.463. The summed E-state index contributed by atoms with van der Waals surface area (Å²) < 4.78 is 7.37. The fraction of sp³-hybridized carbons (Fsp3) is 0.556. The molecule has 0 heterocycles. The van der Waals surface area contributed by atoms with Gasteiger partial charge in [0.2, 0.25) is 0 Å². The first-order valence-corrected chi connectivity index (χ1v) is 19.8. The van der Waals surface area contributed by atoms with Gasteiger partial charge in [-0.1, -0.05) is 0 Å². The van der Waals surface area contributed by atoms with Crippen LogP contribution in [-0.4, -0.2) is 0 Å². The topological polar surface area (TPSA) is 0 Å². The first-order chi connectivity index (χ1) is 18.7. The summed E-state index contributed by atoms with van der Waals surface area (Å²) in [5.74, 6) is 0. The van der Waals surface area contributed by atoms with Crippen molar-refractivity contribution in [3.05, 3.63) is 85.2 Å². The molecule has 0 aromatic carbocycles. The van der Waals surface area contributed by atoms with Gasteiger partial charge >= 0.3 is 258 Å². The van der Waals surface area contributed by atoms with Crippen molar-refractivity contribution < 1.29 is 92.0 Å². The molecule has 6 heteroatoms. The summed E-state index contributed by atoms with van der Waals surface area (Å²) >= 11 is -0.477. The third-order valence-electron chi connectivity index (χ3n) is 7.92. The smallest absolute Gasteiger partial charge is 1.00 e. The van der Waals surface area contributed by atoms with Crippen LogP contribution in [0.25, 0.3) is 0 Å². The van der Waals surface area contributed by atoms with E-state index in [4.69, 9.17) is 0 Å². The maximum absolute atomic E-state index is 2.42. The monoisotopic (exact) mass is 762 g/mol. The summed E-state index contributed by atoms with van der Waals surface area (Å²) in [6, 6.07) is 0. The molecule has 232 valence electrons. The van der Waals surface area contributed by atoms with Gasteiger partial charge in [-0.2, -0.15) is 0 Å². The second-order valence-electron chi connectivity index (χ2n) is 11.1. The summed E-state index contributed by atoms with van der Waals surface area (Å²) in [7, 11) is 0. The summed E-state index contributed by atoms with van der Waals surface area (Å²) in [6.45, 7) is 9.18. The van der Waals surface area contributed by atoms with E-state index in [9.17, 15) is 0 Å². The SMILES string of the molecule is CCCCC1=[C]([Ti+2][C]2=C(CCCC)C=CC2)CC=C1.CCCCC1=[C]([Zr+2][C]2=C(CCCC)C=CC2)CC=C1.[Cl-].[Cl-].[Cl-].[Cl-]. The molecule has 4 aliphatic rings. The number of halogens is 4. The molecule has 0 aromatic rings. The van der Waals surface area contributed by atoms with Crippen LogP contribution in [0.1, 0.15) is 130 Å². The van der Waals surface area contributed by atoms with E-state index in [0.29, 0.717) is 0 Å². The minimum Gasteiger partial charge on any atom is -1.00 e. The van der Waals surface area contributed by atoms with E-state index in [1.807, 2.05) is 14.3 Å². The van der Waals surface area contributed by atoms with Crippen molar-refractivity contribution in [2.24, 2.45) is 0 Å². The van der Waals surface area contributed by atoms with E-state index in [0.717, 1.165) is 0 Å². The molecule has 0 saturated heterocycles. The van der Waals surface area contributed by atoms with Gasteiger partial charge in [-0.05, 0) is 0 Å². The molecule has 4 rings (SSSR count). The maximum Gasteiger partial charge on any atom is -1.00 e. The van der Waals surface area contributed by atoms with Gasteiger partial charge in [0.05, 0.1) is 0 Å². The molecule has 0 saturated carbocycles. The standard InChI is InChI=1S/4C9H13.4ClH.Ti.Zr/c4*1-2-3-6-9-7-4-5-8-9;;;;;;/h4*4,7H,2-3,5-6H2,1H3;4*1H;;/q;;;;;;;;2*+2/p-4. The van der Waals surface area contributed by atoms with Gasteiger partial charge in [0.1, 0.15) is 0 Å². The van der Waals surface area contributed by atoms with Crippen molar-refractivity contribution in [1.82, 2.24) is 0 Å². The first-order valence-electron chi connectivity index (χ1n) is 15.8. The predicted octanol–water partition coefficient (Wildman–Crippen LogP) is -0.229. The molecule has 0 aliphatic heterocycles. The van der Waals surface area contributed by atoms with Gasteiger partial charge in [-0.25, -0.2) is 0 Å². The van der Waals surface area contributed by atoms with Gasteiger partial charge in [0, 0.05) is 0 Å². The Morgan fingerprint density at radius 1 is 0.476 bits per heavy atom. The molecule has 42 heavy (non-hydrogen) atoms. The Kier molecular flexibility index (Phi) is 28.6. The van der Waals surface area contributed by atoms with Crippen LogP contribution in [0, 0.1) is 0 Å². The number of allylic oxidation sites excluding steroid dienone is 16. The Labute approximate surface area is 304 Å². The number of hydrogen-bond acceptors (Lipinski definition) is 0. The van der Waals surface area contributed by atoms with Crippen LogP contribution in [0.15, 0.2) is 85.2 Å². The zero-order chi connectivity index (χ0) is 27.0. The Hall–Kier alpha value is 0.677. The van der Waals surface area contributed by atoms with Gasteiger partial charge in [0.15, 0.2) is 0 Å². The zero-order valence-corrected chi connectivity index (χ0v) is 33.5. The van der Waals surface area contributed by atoms with Crippen molar-refractivity contribution in [2.45, 2.75) is 130 Å². The van der Waals surface area contributed by atoms with E-state index < -0.39 is 23.2 Å². The molecule has 0 nitrogen and oxygen atoms in total. The van der Waals surface area contributed by atoms with Crippen LogP contribution in [0.2, 0.25) is 0 Å². The van der Waals surface area contributed by atoms with Gasteiger partial charge in [-0.3, -0.25) is 0 Å². The van der Waals surface area contributed by atoms with E-state index in [1.165, 1.54) is 103 Å². The van der Waals surface area contributed by atoms with Crippen LogP contribution in [0.4, 0.5) is 0 Å². The predicted molar refractivity (Wildman–Crippen MR) is 161 cm³/mol. The Balaban J connectivity index is 0. The molecule has 0 radical (unpaired) electrons. The van der Waals surface area contributed by atoms with Gasteiger partial charge < -0.3 is 49.6 Å². The fourth-order valence-electron chi connectivity index (χ4n) is 5.50. The molecule has 0 spiro atoms. The third-order valence-corrected chi connectivity index (χ3v) is 14.6. The van der Waals surface area contributed by atoms with Crippen molar-refractivity contribution in [1.29, 1.82) is 0 Å². The summed E-state index contributed by atoms with van der Waals surface area (Å²) in [5, 5.41) is 0. The number of unbranched alkanes of at least 4 members (excludes halogenated alkanes) is 4. The minimum absolute atomic E-state index is 0. The molecular weight excluding hydrogens is 713 g/mol. The van der Waals surface area contributed by atoms with E-state index in [2.05, 4.69) is 76.3 Å². The van der Waals surface area contributed by atoms with Crippen LogP contribution in [0.5, 0.6) is 0 Å². The number of hydrogen-bond donors (Lipinski definition) is 0. The Morgan fingerprint density at radius 3 is 1.14 bits per heavy atom. The number of rotatable bonds is 16. The second kappa shape index (κ2) is 26.9. The molecule has 4 aliphatic carbocycles. The van der Waals surface area contributed by atoms with Gasteiger partial charge in [0.25, 0.3) is 0 Å². The van der Waals surface area contributed by atoms with E-state index in [-0.39, 0.29) is 68.8 Å². The van der Waals surface area contributed by atoms with Gasteiger partial charge in [-0.15, -0.1) is 0 Å². The van der Waals surface area contributed by atoms with Crippen LogP contribution in [0.3, 0.4) is 0 Å². The molecule has 0 aromatic heterocycles.